The molecule has 2 aliphatic heterocycles. The van der Waals surface area contributed by atoms with Crippen LogP contribution in [0.5, 0.6) is 0 Å². The quantitative estimate of drug-likeness (QED) is 0.619. The molecule has 0 radical (unpaired) electrons. The summed E-state index contributed by atoms with van der Waals surface area (Å²) < 4.78 is 21.0. The minimum atomic E-state index is -0.863. The van der Waals surface area contributed by atoms with Crippen molar-refractivity contribution in [1.29, 1.82) is 0 Å². The maximum absolute atomic E-state index is 13.2. The molecule has 1 aromatic carbocycles. The minimum absolute atomic E-state index is 0.154. The number of urea groups is 1. The number of barbiturate groups is 1. The van der Waals surface area contributed by atoms with Gasteiger partial charge < -0.3 is 9.30 Å². The standard InChI is InChI=1S/C22H22FN3O4/c1-13-10-15(14(2)25(13)12-18-4-3-9-30-18)11-19-20(27)24-22(29)26(21(19)28)17-7-5-16(23)6-8-17/h5-8,10-11,18H,3-4,9,12H2,1-2H3,(H,24,27,29)/b19-11+/t18-/m0/s1. The van der Waals surface area contributed by atoms with Crippen molar-refractivity contribution in [3.63, 3.8) is 0 Å². The third kappa shape index (κ3) is 3.66. The molecule has 156 valence electrons. The number of imide groups is 2. The number of nitrogens with one attached hydrogen (secondary N) is 1. The van der Waals surface area contributed by atoms with Crippen LogP contribution in [0.25, 0.3) is 6.08 Å². The number of halogens is 1. The predicted octanol–water partition coefficient (Wildman–Crippen LogP) is 3.09. The molecule has 3 heterocycles. The highest BCUT2D eigenvalue weighted by Crippen LogP contribution is 2.25. The predicted molar refractivity (Wildman–Crippen MR) is 108 cm³/mol. The number of anilines is 1. The van der Waals surface area contributed by atoms with Gasteiger partial charge in [0, 0.05) is 24.5 Å². The number of aryl methyl sites for hydroxylation is 1. The van der Waals surface area contributed by atoms with Gasteiger partial charge in [-0.1, -0.05) is 0 Å². The highest BCUT2D eigenvalue weighted by Gasteiger charge is 2.37. The summed E-state index contributed by atoms with van der Waals surface area (Å²) in [5.41, 5.74) is 2.64. The zero-order valence-corrected chi connectivity index (χ0v) is 16.8. The highest BCUT2D eigenvalue weighted by molar-refractivity contribution is 6.39. The lowest BCUT2D eigenvalue weighted by Gasteiger charge is -2.26. The van der Waals surface area contributed by atoms with E-state index in [2.05, 4.69) is 9.88 Å². The normalized spacial score (nSPS) is 20.9. The minimum Gasteiger partial charge on any atom is -0.376 e. The lowest BCUT2D eigenvalue weighted by Crippen LogP contribution is -2.54. The van der Waals surface area contributed by atoms with E-state index in [-0.39, 0.29) is 17.4 Å². The number of rotatable bonds is 4. The zero-order valence-electron chi connectivity index (χ0n) is 16.8. The Hall–Kier alpha value is -3.26. The first-order valence-electron chi connectivity index (χ1n) is 9.80. The van der Waals surface area contributed by atoms with Crippen LogP contribution in [0, 0.1) is 19.7 Å². The first kappa shape index (κ1) is 20.0. The maximum Gasteiger partial charge on any atom is 0.335 e. The average Bonchev–Trinajstić information content (AvgIpc) is 3.30. The van der Waals surface area contributed by atoms with E-state index in [0.717, 1.165) is 53.4 Å². The van der Waals surface area contributed by atoms with Crippen LogP contribution in [0.2, 0.25) is 0 Å². The first-order valence-corrected chi connectivity index (χ1v) is 9.80. The molecule has 0 spiro atoms. The second-order valence-corrected chi connectivity index (χ2v) is 7.51. The Morgan fingerprint density at radius 3 is 2.60 bits per heavy atom. The number of carbonyl (C=O) groups excluding carboxylic acids is 3. The van der Waals surface area contributed by atoms with Crippen molar-refractivity contribution in [2.24, 2.45) is 0 Å². The molecule has 30 heavy (non-hydrogen) atoms. The van der Waals surface area contributed by atoms with E-state index in [9.17, 15) is 18.8 Å². The summed E-state index contributed by atoms with van der Waals surface area (Å²) in [6.07, 6.45) is 3.70. The van der Waals surface area contributed by atoms with E-state index in [4.69, 9.17) is 4.74 Å². The molecule has 8 heteroatoms. The molecule has 1 atom stereocenters. The molecule has 1 aromatic heterocycles. The number of nitrogens with zero attached hydrogens (tertiary/aromatic N) is 2. The van der Waals surface area contributed by atoms with Gasteiger partial charge in [0.15, 0.2) is 0 Å². The summed E-state index contributed by atoms with van der Waals surface area (Å²) in [5.74, 6) is -2.00. The number of amides is 4. The number of hydrogen-bond acceptors (Lipinski definition) is 4. The molecule has 0 bridgehead atoms. The van der Waals surface area contributed by atoms with E-state index < -0.39 is 23.7 Å². The Labute approximate surface area is 173 Å². The molecular weight excluding hydrogens is 389 g/mol. The van der Waals surface area contributed by atoms with Crippen LogP contribution in [-0.4, -0.2) is 35.1 Å². The van der Waals surface area contributed by atoms with E-state index in [1.165, 1.54) is 18.2 Å². The second kappa shape index (κ2) is 7.87. The molecule has 0 unspecified atom stereocenters. The Morgan fingerprint density at radius 2 is 1.93 bits per heavy atom. The fraction of sp³-hybridized carbons (Fsp3) is 0.318. The van der Waals surface area contributed by atoms with E-state index >= 15 is 0 Å². The molecule has 0 aliphatic carbocycles. The highest BCUT2D eigenvalue weighted by atomic mass is 19.1. The summed E-state index contributed by atoms with van der Waals surface area (Å²) in [6, 6.07) is 5.96. The van der Waals surface area contributed by atoms with Gasteiger partial charge in [0.1, 0.15) is 11.4 Å². The van der Waals surface area contributed by atoms with Crippen molar-refractivity contribution in [2.75, 3.05) is 11.5 Å². The van der Waals surface area contributed by atoms with Crippen molar-refractivity contribution >= 4 is 29.6 Å². The zero-order chi connectivity index (χ0) is 21.4. The molecule has 2 saturated heterocycles. The van der Waals surface area contributed by atoms with Crippen molar-refractivity contribution in [3.05, 3.63) is 58.7 Å². The Morgan fingerprint density at radius 1 is 1.20 bits per heavy atom. The third-order valence-electron chi connectivity index (χ3n) is 5.51. The van der Waals surface area contributed by atoms with Gasteiger partial charge in [0.25, 0.3) is 11.8 Å². The van der Waals surface area contributed by atoms with Crippen LogP contribution >= 0.6 is 0 Å². The molecule has 7 nitrogen and oxygen atoms in total. The van der Waals surface area contributed by atoms with Gasteiger partial charge in [-0.3, -0.25) is 14.9 Å². The van der Waals surface area contributed by atoms with Crippen LogP contribution < -0.4 is 10.2 Å². The van der Waals surface area contributed by atoms with Crippen LogP contribution in [0.4, 0.5) is 14.9 Å². The second-order valence-electron chi connectivity index (χ2n) is 7.51. The molecule has 2 aliphatic rings. The van der Waals surface area contributed by atoms with E-state index in [0.29, 0.717) is 6.54 Å². The molecule has 1 N–H and O–H groups in total. The van der Waals surface area contributed by atoms with Crippen LogP contribution in [0.15, 0.2) is 35.9 Å². The Balaban J connectivity index is 1.66. The van der Waals surface area contributed by atoms with Crippen molar-refractivity contribution in [3.8, 4) is 0 Å². The summed E-state index contributed by atoms with van der Waals surface area (Å²) in [7, 11) is 0. The number of ether oxygens (including phenoxy) is 1. The third-order valence-corrected chi connectivity index (χ3v) is 5.51. The van der Waals surface area contributed by atoms with Crippen LogP contribution in [-0.2, 0) is 20.9 Å². The number of carbonyl (C=O) groups is 3. The van der Waals surface area contributed by atoms with Crippen molar-refractivity contribution in [2.45, 2.75) is 39.3 Å². The van der Waals surface area contributed by atoms with Gasteiger partial charge in [0.2, 0.25) is 0 Å². The SMILES string of the molecule is Cc1cc(/C=C2\C(=O)NC(=O)N(c3ccc(F)cc3)C2=O)c(C)n1C[C@@H]1CCCO1. The average molecular weight is 411 g/mol. The summed E-state index contributed by atoms with van der Waals surface area (Å²) in [6.45, 7) is 5.35. The van der Waals surface area contributed by atoms with Crippen molar-refractivity contribution in [1.82, 2.24) is 9.88 Å². The molecule has 4 amide bonds. The van der Waals surface area contributed by atoms with Crippen LogP contribution in [0.1, 0.15) is 29.8 Å². The largest absolute Gasteiger partial charge is 0.376 e. The van der Waals surface area contributed by atoms with E-state index in [1.54, 1.807) is 0 Å². The first-order chi connectivity index (χ1) is 14.3. The van der Waals surface area contributed by atoms with Gasteiger partial charge >= 0.3 is 6.03 Å². The Kier molecular flexibility index (Phi) is 5.26. The van der Waals surface area contributed by atoms with Gasteiger partial charge in [0.05, 0.1) is 11.8 Å². The summed E-state index contributed by atoms with van der Waals surface area (Å²) in [4.78, 5) is 38.5. The fourth-order valence-corrected chi connectivity index (χ4v) is 3.88. The molecule has 0 saturated carbocycles. The van der Waals surface area contributed by atoms with Gasteiger partial charge in [-0.25, -0.2) is 14.1 Å². The fourth-order valence-electron chi connectivity index (χ4n) is 3.88. The summed E-state index contributed by atoms with van der Waals surface area (Å²) in [5, 5.41) is 2.18. The lowest BCUT2D eigenvalue weighted by atomic mass is 10.1. The Bertz CT molecular complexity index is 1050. The topological polar surface area (TPSA) is 80.6 Å². The smallest absolute Gasteiger partial charge is 0.335 e. The van der Waals surface area contributed by atoms with Crippen molar-refractivity contribution < 1.29 is 23.5 Å². The molecule has 4 rings (SSSR count). The van der Waals surface area contributed by atoms with Gasteiger partial charge in [-0.15, -0.1) is 0 Å². The maximum atomic E-state index is 13.2. The lowest BCUT2D eigenvalue weighted by molar-refractivity contribution is -0.122. The van der Waals surface area contributed by atoms with E-state index in [1.807, 2.05) is 19.9 Å². The number of aromatic nitrogens is 1. The monoisotopic (exact) mass is 411 g/mol. The van der Waals surface area contributed by atoms with Gasteiger partial charge in [-0.2, -0.15) is 0 Å². The molecule has 2 aromatic rings. The molecule has 2 fully saturated rings. The molecular formula is C22H22FN3O4. The number of benzene rings is 1. The number of hydrogen-bond donors (Lipinski definition) is 1. The van der Waals surface area contributed by atoms with Gasteiger partial charge in [-0.05, 0) is 68.7 Å². The summed E-state index contributed by atoms with van der Waals surface area (Å²) >= 11 is 0. The van der Waals surface area contributed by atoms with Crippen LogP contribution in [0.3, 0.4) is 0 Å².